The number of halogens is 3. The van der Waals surface area contributed by atoms with Gasteiger partial charge in [-0.05, 0) is 36.9 Å². The van der Waals surface area contributed by atoms with Crippen molar-refractivity contribution in [2.24, 2.45) is 5.92 Å². The summed E-state index contributed by atoms with van der Waals surface area (Å²) in [7, 11) is 0. The molecule has 1 aliphatic carbocycles. The normalized spacial score (nSPS) is 22.1. The van der Waals surface area contributed by atoms with Crippen LogP contribution in [0.3, 0.4) is 0 Å². The first-order valence-corrected chi connectivity index (χ1v) is 9.09. The Morgan fingerprint density at radius 1 is 1.45 bits per heavy atom. The SMILES string of the molecule is [2H]C([2H])([2H])c1ccc([C@](O)(CO)C(F)(F)F)cc1-c1cnc(N)c(C(=O)NC2CC(C#N)C2)n1. The molecule has 2 aromatic rings. The van der Waals surface area contributed by atoms with E-state index in [1.165, 1.54) is 0 Å². The number of aryl methyl sites for hydroxylation is 1. The molecule has 0 radical (unpaired) electrons. The summed E-state index contributed by atoms with van der Waals surface area (Å²) in [5.41, 5.74) is -0.192. The minimum absolute atomic E-state index is 0.191. The van der Waals surface area contributed by atoms with Crippen molar-refractivity contribution in [1.82, 2.24) is 15.3 Å². The van der Waals surface area contributed by atoms with Gasteiger partial charge in [0.15, 0.2) is 11.5 Å². The number of amides is 1. The molecule has 1 fully saturated rings. The Morgan fingerprint density at radius 2 is 2.16 bits per heavy atom. The minimum atomic E-state index is -5.28. The number of carbonyl (C=O) groups excluding carboxylic acids is 1. The summed E-state index contributed by atoms with van der Waals surface area (Å²) in [6, 6.07) is 4.11. The summed E-state index contributed by atoms with van der Waals surface area (Å²) in [4.78, 5) is 20.5. The lowest BCUT2D eigenvalue weighted by atomic mass is 9.81. The molecule has 0 unspecified atom stereocenters. The third kappa shape index (κ3) is 4.17. The van der Waals surface area contributed by atoms with Crippen LogP contribution in [0.5, 0.6) is 0 Å². The highest BCUT2D eigenvalue weighted by Crippen LogP contribution is 2.40. The Morgan fingerprint density at radius 3 is 2.74 bits per heavy atom. The van der Waals surface area contributed by atoms with Crippen molar-refractivity contribution in [3.63, 3.8) is 0 Å². The van der Waals surface area contributed by atoms with Gasteiger partial charge in [0.2, 0.25) is 5.60 Å². The van der Waals surface area contributed by atoms with E-state index in [9.17, 15) is 28.2 Å². The van der Waals surface area contributed by atoms with Gasteiger partial charge in [0.1, 0.15) is 0 Å². The first-order chi connectivity index (χ1) is 15.7. The lowest BCUT2D eigenvalue weighted by Gasteiger charge is -2.31. The molecular weight excluding hydrogens is 415 g/mol. The molecule has 1 amide bonds. The van der Waals surface area contributed by atoms with Crippen LogP contribution in [0.4, 0.5) is 19.0 Å². The Labute approximate surface area is 179 Å². The van der Waals surface area contributed by atoms with Crippen LogP contribution in [-0.2, 0) is 5.60 Å². The molecule has 1 saturated carbocycles. The Balaban J connectivity index is 2.08. The zero-order chi connectivity index (χ0) is 25.5. The number of benzene rings is 1. The summed E-state index contributed by atoms with van der Waals surface area (Å²) < 4.78 is 63.5. The maximum Gasteiger partial charge on any atom is 0.423 e. The smallest absolute Gasteiger partial charge is 0.393 e. The van der Waals surface area contributed by atoms with Crippen LogP contribution in [0.1, 0.15) is 38.6 Å². The number of aromatic nitrogens is 2. The van der Waals surface area contributed by atoms with Gasteiger partial charge in [0.25, 0.3) is 5.91 Å². The van der Waals surface area contributed by atoms with Crippen LogP contribution in [-0.4, -0.2) is 44.9 Å². The maximum atomic E-state index is 13.5. The Hall–Kier alpha value is -3.23. The molecule has 3 rings (SSSR count). The lowest BCUT2D eigenvalue weighted by molar-refractivity contribution is -0.277. The van der Waals surface area contributed by atoms with Gasteiger partial charge in [0, 0.05) is 15.7 Å². The third-order valence-electron chi connectivity index (χ3n) is 5.14. The van der Waals surface area contributed by atoms with E-state index in [2.05, 4.69) is 21.4 Å². The first-order valence-electron chi connectivity index (χ1n) is 10.6. The van der Waals surface area contributed by atoms with Crippen LogP contribution in [0.25, 0.3) is 11.3 Å². The molecule has 1 atom stereocenters. The fourth-order valence-corrected chi connectivity index (χ4v) is 3.15. The number of nitriles is 1. The molecule has 8 nitrogen and oxygen atoms in total. The maximum absolute atomic E-state index is 13.5. The van der Waals surface area contributed by atoms with E-state index in [4.69, 9.17) is 15.1 Å². The molecule has 1 aliphatic rings. The molecule has 5 N–H and O–H groups in total. The van der Waals surface area contributed by atoms with Gasteiger partial charge < -0.3 is 21.3 Å². The van der Waals surface area contributed by atoms with E-state index >= 15 is 0 Å². The highest BCUT2D eigenvalue weighted by Gasteiger charge is 2.54. The van der Waals surface area contributed by atoms with E-state index in [0.717, 1.165) is 24.4 Å². The fraction of sp³-hybridized carbons (Fsp3) is 0.400. The molecule has 1 aromatic carbocycles. The Bertz CT molecular complexity index is 1150. The number of carbonyl (C=O) groups is 1. The van der Waals surface area contributed by atoms with Crippen molar-refractivity contribution < 1.29 is 32.3 Å². The second-order valence-electron chi connectivity index (χ2n) is 7.23. The predicted molar refractivity (Wildman–Crippen MR) is 103 cm³/mol. The van der Waals surface area contributed by atoms with Gasteiger partial charge in [-0.1, -0.05) is 12.1 Å². The Kier molecular flexibility index (Phi) is 4.86. The number of aliphatic hydroxyl groups excluding tert-OH is 1. The molecule has 1 heterocycles. The predicted octanol–water partition coefficient (Wildman–Crippen LogP) is 1.81. The van der Waals surface area contributed by atoms with Gasteiger partial charge in [-0.25, -0.2) is 9.97 Å². The molecule has 0 aliphatic heterocycles. The second kappa shape index (κ2) is 8.13. The molecule has 1 aromatic heterocycles. The molecule has 0 saturated heterocycles. The lowest BCUT2D eigenvalue weighted by Crippen LogP contribution is -2.45. The summed E-state index contributed by atoms with van der Waals surface area (Å²) in [5, 5.41) is 30.8. The topological polar surface area (TPSA) is 145 Å². The van der Waals surface area contributed by atoms with Crippen molar-refractivity contribution in [2.45, 2.75) is 37.5 Å². The van der Waals surface area contributed by atoms with Crippen molar-refractivity contribution in [3.8, 4) is 17.3 Å². The van der Waals surface area contributed by atoms with E-state index in [0.29, 0.717) is 12.8 Å². The molecular formula is C20H20F3N5O3. The van der Waals surface area contributed by atoms with Crippen LogP contribution in [0.2, 0.25) is 0 Å². The van der Waals surface area contributed by atoms with Crippen LogP contribution < -0.4 is 11.1 Å². The van der Waals surface area contributed by atoms with Crippen LogP contribution in [0.15, 0.2) is 24.4 Å². The number of hydrogen-bond acceptors (Lipinski definition) is 7. The number of nitrogens with one attached hydrogen (secondary N) is 1. The quantitative estimate of drug-likeness (QED) is 0.557. The number of nitrogens with two attached hydrogens (primary N) is 1. The molecule has 0 spiro atoms. The number of aliphatic hydroxyl groups is 2. The van der Waals surface area contributed by atoms with Crippen molar-refractivity contribution >= 4 is 11.7 Å². The van der Waals surface area contributed by atoms with Crippen LogP contribution in [0, 0.1) is 24.1 Å². The zero-order valence-corrected chi connectivity index (χ0v) is 15.9. The zero-order valence-electron chi connectivity index (χ0n) is 18.9. The van der Waals surface area contributed by atoms with Crippen LogP contribution >= 0.6 is 0 Å². The summed E-state index contributed by atoms with van der Waals surface area (Å²) >= 11 is 0. The average Bonchev–Trinajstić information content (AvgIpc) is 2.73. The highest BCUT2D eigenvalue weighted by atomic mass is 19.4. The standard InChI is InChI=1S/C20H20F3N5O3/c1-10-2-3-12(19(31,9-29)20(21,22)23)6-14(10)15-8-26-17(25)16(28-15)18(30)27-13-4-11(5-13)7-24/h2-3,6,8,11,13,29,31H,4-5,9H2,1H3,(H2,25,26)(H,27,30)/t11?,13?,19-/m1/s1/i1D3. The second-order valence-corrected chi connectivity index (χ2v) is 7.23. The summed E-state index contributed by atoms with van der Waals surface area (Å²) in [5.74, 6) is -1.24. The van der Waals surface area contributed by atoms with Gasteiger partial charge in [-0.15, -0.1) is 0 Å². The van der Waals surface area contributed by atoms with E-state index in [1.54, 1.807) is 0 Å². The number of alkyl halides is 3. The van der Waals surface area contributed by atoms with Gasteiger partial charge >= 0.3 is 6.18 Å². The highest BCUT2D eigenvalue weighted by molar-refractivity contribution is 5.97. The van der Waals surface area contributed by atoms with Gasteiger partial charge in [-0.3, -0.25) is 4.79 Å². The van der Waals surface area contributed by atoms with Gasteiger partial charge in [-0.2, -0.15) is 18.4 Å². The summed E-state index contributed by atoms with van der Waals surface area (Å²) in [6.07, 6.45) is -3.43. The number of nitrogen functional groups attached to an aromatic ring is 1. The van der Waals surface area contributed by atoms with Crippen molar-refractivity contribution in [2.75, 3.05) is 12.3 Å². The number of nitrogens with zero attached hydrogens (tertiary/aromatic N) is 3. The first kappa shape index (κ1) is 18.5. The van der Waals surface area contributed by atoms with Crippen molar-refractivity contribution in [3.05, 3.63) is 41.2 Å². The minimum Gasteiger partial charge on any atom is -0.393 e. The summed E-state index contributed by atoms with van der Waals surface area (Å²) in [6.45, 7) is -4.51. The molecule has 11 heteroatoms. The van der Waals surface area contributed by atoms with E-state index in [-0.39, 0.29) is 34.7 Å². The number of rotatable bonds is 5. The molecule has 0 bridgehead atoms. The van der Waals surface area contributed by atoms with E-state index in [1.807, 2.05) is 0 Å². The molecule has 164 valence electrons. The number of hydrogen-bond donors (Lipinski definition) is 4. The van der Waals surface area contributed by atoms with Crippen molar-refractivity contribution in [1.29, 1.82) is 5.26 Å². The average molecular weight is 438 g/mol. The molecule has 31 heavy (non-hydrogen) atoms. The fourth-order valence-electron chi connectivity index (χ4n) is 3.15. The van der Waals surface area contributed by atoms with Gasteiger partial charge in [0.05, 0.1) is 30.5 Å². The van der Waals surface area contributed by atoms with E-state index < -0.39 is 42.3 Å². The third-order valence-corrected chi connectivity index (χ3v) is 5.14. The number of anilines is 1. The largest absolute Gasteiger partial charge is 0.423 e. The monoisotopic (exact) mass is 438 g/mol.